The second-order valence-corrected chi connectivity index (χ2v) is 6.66. The van der Waals surface area contributed by atoms with Gasteiger partial charge in [-0.15, -0.1) is 0 Å². The smallest absolute Gasteiger partial charge is 0.193 e. The summed E-state index contributed by atoms with van der Waals surface area (Å²) in [4.78, 5) is 16.1. The van der Waals surface area contributed by atoms with Gasteiger partial charge in [0, 0.05) is 23.8 Å². The largest absolute Gasteiger partial charge is 0.341 e. The van der Waals surface area contributed by atoms with E-state index in [9.17, 15) is 4.79 Å². The fourth-order valence-electron chi connectivity index (χ4n) is 3.53. The number of nitrogens with zero attached hydrogens (tertiary/aromatic N) is 1. The normalized spacial score (nSPS) is 12.8. The van der Waals surface area contributed by atoms with Gasteiger partial charge < -0.3 is 4.98 Å². The topological polar surface area (TPSA) is 61.5 Å². The molecule has 0 saturated heterocycles. The average molecular weight is 351 g/mol. The quantitative estimate of drug-likeness (QED) is 0.570. The molecule has 2 heterocycles. The van der Waals surface area contributed by atoms with E-state index in [1.165, 1.54) is 16.7 Å². The van der Waals surface area contributed by atoms with Gasteiger partial charge in [0.05, 0.1) is 11.1 Å². The maximum Gasteiger partial charge on any atom is 0.193 e. The van der Waals surface area contributed by atoms with Crippen molar-refractivity contribution >= 4 is 16.6 Å². The minimum atomic E-state index is -0.0131. The molecule has 0 spiro atoms. The third-order valence-electron chi connectivity index (χ3n) is 4.92. The molecule has 0 bridgehead atoms. The van der Waals surface area contributed by atoms with E-state index in [0.717, 1.165) is 17.0 Å². The number of allylic oxidation sites excluding steroid dienone is 4. The van der Waals surface area contributed by atoms with E-state index in [2.05, 4.69) is 39.4 Å². The fourth-order valence-corrected chi connectivity index (χ4v) is 3.53. The molecule has 4 heteroatoms. The molecule has 0 radical (unpaired) electrons. The van der Waals surface area contributed by atoms with E-state index in [4.69, 9.17) is 0 Å². The molecule has 2 aromatic carbocycles. The lowest BCUT2D eigenvalue weighted by atomic mass is 9.96. The van der Waals surface area contributed by atoms with E-state index >= 15 is 0 Å². The van der Waals surface area contributed by atoms with Crippen molar-refractivity contribution < 1.29 is 0 Å². The Kier molecular flexibility index (Phi) is 3.61. The SMILES string of the molecule is O=c1cc(Cc2ccccc2-c2ccccc2)[nH]c2n[nH]c(C3=CC=C3)c12. The Morgan fingerprint density at radius 2 is 1.74 bits per heavy atom. The van der Waals surface area contributed by atoms with E-state index in [1.54, 1.807) is 6.07 Å². The standard InChI is InChI=1S/C23H17N3O/c27-20-14-18(24-23-21(20)22(25-26-23)16-10-6-11-16)13-17-9-4-5-12-19(17)15-7-2-1-3-8-15/h1-12,14H,13H2,(H2,24,25,26,27). The van der Waals surface area contributed by atoms with Crippen LogP contribution in [0.3, 0.4) is 0 Å². The molecule has 130 valence electrons. The van der Waals surface area contributed by atoms with Crippen molar-refractivity contribution in [3.05, 3.63) is 106 Å². The van der Waals surface area contributed by atoms with E-state index in [1.807, 2.05) is 48.6 Å². The highest BCUT2D eigenvalue weighted by Gasteiger charge is 2.15. The van der Waals surface area contributed by atoms with Crippen LogP contribution in [0.15, 0.2) is 83.7 Å². The predicted octanol–water partition coefficient (Wildman–Crippen LogP) is 4.46. The maximum absolute atomic E-state index is 12.7. The summed E-state index contributed by atoms with van der Waals surface area (Å²) in [5, 5.41) is 7.91. The molecule has 27 heavy (non-hydrogen) atoms. The number of benzene rings is 2. The third-order valence-corrected chi connectivity index (χ3v) is 4.92. The molecule has 1 aliphatic carbocycles. The Hall–Kier alpha value is -3.66. The van der Waals surface area contributed by atoms with Crippen LogP contribution in [0.4, 0.5) is 0 Å². The van der Waals surface area contributed by atoms with Crippen LogP contribution in [-0.4, -0.2) is 15.2 Å². The van der Waals surface area contributed by atoms with Crippen LogP contribution in [0.25, 0.3) is 27.7 Å². The molecular formula is C23H17N3O. The lowest BCUT2D eigenvalue weighted by Gasteiger charge is -2.10. The third kappa shape index (κ3) is 2.72. The lowest BCUT2D eigenvalue weighted by Crippen LogP contribution is -2.07. The number of fused-ring (bicyclic) bond motifs is 1. The van der Waals surface area contributed by atoms with Crippen molar-refractivity contribution in [1.29, 1.82) is 0 Å². The van der Waals surface area contributed by atoms with Crippen LogP contribution in [-0.2, 0) is 6.42 Å². The molecule has 5 rings (SSSR count). The highest BCUT2D eigenvalue weighted by Crippen LogP contribution is 2.27. The minimum Gasteiger partial charge on any atom is -0.341 e. The zero-order valence-electron chi connectivity index (χ0n) is 14.6. The zero-order valence-corrected chi connectivity index (χ0v) is 14.6. The molecular weight excluding hydrogens is 334 g/mol. The fraction of sp³-hybridized carbons (Fsp3) is 0.0435. The van der Waals surface area contributed by atoms with Crippen LogP contribution in [0.1, 0.15) is 17.0 Å². The van der Waals surface area contributed by atoms with Crippen molar-refractivity contribution in [1.82, 2.24) is 15.2 Å². The number of pyridine rings is 1. The van der Waals surface area contributed by atoms with Crippen molar-refractivity contribution in [2.24, 2.45) is 0 Å². The molecule has 2 N–H and O–H groups in total. The Labute approximate surface area is 155 Å². The number of aromatic nitrogens is 3. The second-order valence-electron chi connectivity index (χ2n) is 6.66. The van der Waals surface area contributed by atoms with Crippen molar-refractivity contribution in [2.45, 2.75) is 6.42 Å². The number of hydrogen-bond donors (Lipinski definition) is 2. The van der Waals surface area contributed by atoms with Gasteiger partial charge >= 0.3 is 0 Å². The first-order valence-electron chi connectivity index (χ1n) is 8.92. The zero-order chi connectivity index (χ0) is 18.2. The number of rotatable bonds is 4. The summed E-state index contributed by atoms with van der Waals surface area (Å²) in [6.45, 7) is 0. The molecule has 0 amide bonds. The summed E-state index contributed by atoms with van der Waals surface area (Å²) in [6.07, 6.45) is 6.53. The van der Waals surface area contributed by atoms with E-state index < -0.39 is 0 Å². The average Bonchev–Trinajstić information content (AvgIpc) is 3.05. The molecule has 0 fully saturated rings. The van der Waals surface area contributed by atoms with Crippen molar-refractivity contribution in [3.8, 4) is 11.1 Å². The summed E-state index contributed by atoms with van der Waals surface area (Å²) >= 11 is 0. The van der Waals surface area contributed by atoms with E-state index in [-0.39, 0.29) is 5.43 Å². The molecule has 4 nitrogen and oxygen atoms in total. The van der Waals surface area contributed by atoms with Gasteiger partial charge in [-0.3, -0.25) is 9.89 Å². The first-order chi connectivity index (χ1) is 13.3. The highest BCUT2D eigenvalue weighted by molar-refractivity contribution is 5.93. The number of nitrogens with one attached hydrogen (secondary N) is 2. The Bertz CT molecular complexity index is 1260. The summed E-state index contributed by atoms with van der Waals surface area (Å²) in [5.74, 6) is 0. The first-order valence-corrected chi connectivity index (χ1v) is 8.92. The van der Waals surface area contributed by atoms with Crippen LogP contribution < -0.4 is 5.43 Å². The Morgan fingerprint density at radius 1 is 0.963 bits per heavy atom. The molecule has 2 aromatic heterocycles. The van der Waals surface area contributed by atoms with Gasteiger partial charge in [0.2, 0.25) is 0 Å². The van der Waals surface area contributed by atoms with Crippen LogP contribution in [0.2, 0.25) is 0 Å². The molecule has 0 aliphatic heterocycles. The second kappa shape index (κ2) is 6.25. The Balaban J connectivity index is 1.56. The molecule has 4 aromatic rings. The highest BCUT2D eigenvalue weighted by atomic mass is 16.1. The summed E-state index contributed by atoms with van der Waals surface area (Å²) in [6, 6.07) is 20.3. The maximum atomic E-state index is 12.7. The molecule has 0 unspecified atom stereocenters. The van der Waals surface area contributed by atoms with Gasteiger partial charge in [-0.1, -0.05) is 72.8 Å². The number of aromatic amines is 2. The monoisotopic (exact) mass is 351 g/mol. The van der Waals surface area contributed by atoms with Gasteiger partial charge in [0.1, 0.15) is 0 Å². The minimum absolute atomic E-state index is 0.0131. The van der Waals surface area contributed by atoms with Gasteiger partial charge in [-0.05, 0) is 16.7 Å². The summed E-state index contributed by atoms with van der Waals surface area (Å²) < 4.78 is 0. The first kappa shape index (κ1) is 15.6. The number of H-pyrrole nitrogens is 2. The molecule has 1 aliphatic rings. The lowest BCUT2D eigenvalue weighted by molar-refractivity contribution is 1.05. The van der Waals surface area contributed by atoms with E-state index in [0.29, 0.717) is 17.5 Å². The van der Waals surface area contributed by atoms with Gasteiger partial charge in [-0.25, -0.2) is 0 Å². The number of hydrogen-bond acceptors (Lipinski definition) is 2. The summed E-state index contributed by atoms with van der Waals surface area (Å²) in [5.41, 5.74) is 6.74. The van der Waals surface area contributed by atoms with Crippen LogP contribution in [0, 0.1) is 0 Å². The van der Waals surface area contributed by atoms with Gasteiger partial charge in [0.15, 0.2) is 11.1 Å². The predicted molar refractivity (Wildman–Crippen MR) is 109 cm³/mol. The molecule has 0 atom stereocenters. The van der Waals surface area contributed by atoms with Gasteiger partial charge in [-0.2, -0.15) is 5.10 Å². The van der Waals surface area contributed by atoms with Crippen molar-refractivity contribution in [2.75, 3.05) is 0 Å². The van der Waals surface area contributed by atoms with Crippen molar-refractivity contribution in [3.63, 3.8) is 0 Å². The van der Waals surface area contributed by atoms with Crippen LogP contribution in [0.5, 0.6) is 0 Å². The summed E-state index contributed by atoms with van der Waals surface area (Å²) in [7, 11) is 0. The molecule has 0 saturated carbocycles. The Morgan fingerprint density at radius 3 is 2.52 bits per heavy atom. The van der Waals surface area contributed by atoms with Gasteiger partial charge in [0.25, 0.3) is 0 Å². The van der Waals surface area contributed by atoms with Crippen LogP contribution >= 0.6 is 0 Å².